The molecule has 0 aromatic carbocycles. The summed E-state index contributed by atoms with van der Waals surface area (Å²) in [5.74, 6) is 0.748. The Morgan fingerprint density at radius 3 is 2.88 bits per heavy atom. The number of aryl methyl sites for hydroxylation is 2. The van der Waals surface area contributed by atoms with Gasteiger partial charge in [-0.2, -0.15) is 5.10 Å². The molecule has 2 aliphatic rings. The number of hydrogen-bond donors (Lipinski definition) is 1. The summed E-state index contributed by atoms with van der Waals surface area (Å²) < 4.78 is 1.88. The number of carbonyl (C=O) groups excluding carboxylic acids is 1. The summed E-state index contributed by atoms with van der Waals surface area (Å²) in [6.45, 7) is 3.12. The van der Waals surface area contributed by atoms with Crippen LogP contribution in [0.15, 0.2) is 10.9 Å². The number of piperidine rings is 1. The van der Waals surface area contributed by atoms with Gasteiger partial charge in [0, 0.05) is 43.4 Å². The number of carbonyl (C=O) groups is 1. The van der Waals surface area contributed by atoms with Crippen molar-refractivity contribution in [2.75, 3.05) is 13.1 Å². The van der Waals surface area contributed by atoms with Crippen molar-refractivity contribution in [3.8, 4) is 0 Å². The van der Waals surface area contributed by atoms with E-state index < -0.39 is 0 Å². The average molecular weight is 355 g/mol. The van der Waals surface area contributed by atoms with Gasteiger partial charge in [-0.1, -0.05) is 0 Å². The minimum absolute atomic E-state index is 0.0232. The molecule has 0 spiro atoms. The van der Waals surface area contributed by atoms with Crippen molar-refractivity contribution in [2.24, 2.45) is 7.05 Å². The first-order chi connectivity index (χ1) is 12.5. The SMILES string of the molecule is Cc1nc(C2CCCN(C(=O)c3nn(C)c4c3CCCC4)C2)cc(=O)[nH]1. The van der Waals surface area contributed by atoms with Crippen LogP contribution in [0.5, 0.6) is 0 Å². The second-order valence-electron chi connectivity index (χ2n) is 7.45. The number of fused-ring (bicyclic) bond motifs is 1. The van der Waals surface area contributed by atoms with Crippen LogP contribution in [0.1, 0.15) is 64.9 Å². The van der Waals surface area contributed by atoms with Crippen molar-refractivity contribution in [3.05, 3.63) is 44.9 Å². The fourth-order valence-electron chi connectivity index (χ4n) is 4.31. The van der Waals surface area contributed by atoms with Crippen molar-refractivity contribution < 1.29 is 4.79 Å². The van der Waals surface area contributed by atoms with Gasteiger partial charge in [0.2, 0.25) is 0 Å². The van der Waals surface area contributed by atoms with Crippen molar-refractivity contribution in [2.45, 2.75) is 51.4 Å². The number of aromatic nitrogens is 4. The molecule has 1 aliphatic carbocycles. The van der Waals surface area contributed by atoms with Crippen molar-refractivity contribution in [1.29, 1.82) is 0 Å². The Hall–Kier alpha value is -2.44. The van der Waals surface area contributed by atoms with Crippen LogP contribution >= 0.6 is 0 Å². The molecule has 26 heavy (non-hydrogen) atoms. The van der Waals surface area contributed by atoms with Gasteiger partial charge in [0.1, 0.15) is 5.82 Å². The van der Waals surface area contributed by atoms with E-state index in [0.29, 0.717) is 18.1 Å². The number of amides is 1. The van der Waals surface area contributed by atoms with E-state index in [0.717, 1.165) is 49.9 Å². The van der Waals surface area contributed by atoms with E-state index in [4.69, 9.17) is 0 Å². The van der Waals surface area contributed by atoms with Crippen LogP contribution in [0.2, 0.25) is 0 Å². The molecule has 0 bridgehead atoms. The lowest BCUT2D eigenvalue weighted by Gasteiger charge is -2.32. The average Bonchev–Trinajstić information content (AvgIpc) is 2.98. The molecule has 1 unspecified atom stereocenters. The lowest BCUT2D eigenvalue weighted by atomic mass is 9.92. The van der Waals surface area contributed by atoms with Crippen LogP contribution in [0.25, 0.3) is 0 Å². The minimum Gasteiger partial charge on any atom is -0.337 e. The van der Waals surface area contributed by atoms with Gasteiger partial charge in [0.05, 0.1) is 5.69 Å². The lowest BCUT2D eigenvalue weighted by molar-refractivity contribution is 0.0698. The second-order valence-corrected chi connectivity index (χ2v) is 7.45. The highest BCUT2D eigenvalue weighted by atomic mass is 16.2. The molecule has 3 heterocycles. The number of aromatic amines is 1. The summed E-state index contributed by atoms with van der Waals surface area (Å²) in [5.41, 5.74) is 3.62. The standard InChI is InChI=1S/C19H25N5O2/c1-12-20-15(10-17(25)21-12)13-6-5-9-24(11-13)19(26)18-14-7-3-4-8-16(14)23(2)22-18/h10,13H,3-9,11H2,1-2H3,(H,20,21,25). The van der Waals surface area contributed by atoms with E-state index in [-0.39, 0.29) is 17.4 Å². The maximum atomic E-state index is 13.2. The van der Waals surface area contributed by atoms with E-state index in [2.05, 4.69) is 15.1 Å². The van der Waals surface area contributed by atoms with Crippen LogP contribution in [0.3, 0.4) is 0 Å². The zero-order valence-electron chi connectivity index (χ0n) is 15.4. The lowest BCUT2D eigenvalue weighted by Crippen LogP contribution is -2.40. The first kappa shape index (κ1) is 17.0. The number of nitrogens with one attached hydrogen (secondary N) is 1. The van der Waals surface area contributed by atoms with Gasteiger partial charge < -0.3 is 9.88 Å². The summed E-state index contributed by atoms with van der Waals surface area (Å²) in [7, 11) is 1.93. The molecule has 0 saturated carbocycles. The smallest absolute Gasteiger partial charge is 0.274 e. The van der Waals surface area contributed by atoms with E-state index in [9.17, 15) is 9.59 Å². The molecular weight excluding hydrogens is 330 g/mol. The number of hydrogen-bond acceptors (Lipinski definition) is 4. The van der Waals surface area contributed by atoms with Gasteiger partial charge in [-0.05, 0) is 45.4 Å². The Morgan fingerprint density at radius 2 is 2.08 bits per heavy atom. The fourth-order valence-corrected chi connectivity index (χ4v) is 4.31. The molecule has 2 aromatic rings. The third kappa shape index (κ3) is 3.06. The predicted molar refractivity (Wildman–Crippen MR) is 97.3 cm³/mol. The number of nitrogens with zero attached hydrogens (tertiary/aromatic N) is 4. The molecule has 1 amide bonds. The summed E-state index contributed by atoms with van der Waals surface area (Å²) in [5, 5.41) is 4.55. The summed E-state index contributed by atoms with van der Waals surface area (Å²) in [6, 6.07) is 1.56. The van der Waals surface area contributed by atoms with E-state index in [1.165, 1.54) is 12.1 Å². The van der Waals surface area contributed by atoms with Crippen LogP contribution < -0.4 is 5.56 Å². The van der Waals surface area contributed by atoms with E-state index >= 15 is 0 Å². The van der Waals surface area contributed by atoms with Crippen molar-refractivity contribution in [1.82, 2.24) is 24.6 Å². The number of likely N-dealkylation sites (tertiary alicyclic amines) is 1. The van der Waals surface area contributed by atoms with Gasteiger partial charge in [0.15, 0.2) is 5.69 Å². The van der Waals surface area contributed by atoms with Gasteiger partial charge in [-0.25, -0.2) is 4.98 Å². The minimum atomic E-state index is -0.130. The number of rotatable bonds is 2. The van der Waals surface area contributed by atoms with Crippen LogP contribution in [-0.2, 0) is 19.9 Å². The maximum absolute atomic E-state index is 13.2. The van der Waals surface area contributed by atoms with Gasteiger partial charge >= 0.3 is 0 Å². The summed E-state index contributed by atoms with van der Waals surface area (Å²) in [4.78, 5) is 34.0. The normalized spacial score (nSPS) is 20.1. The Kier molecular flexibility index (Phi) is 4.38. The monoisotopic (exact) mass is 355 g/mol. The largest absolute Gasteiger partial charge is 0.337 e. The molecule has 138 valence electrons. The molecule has 1 saturated heterocycles. The Morgan fingerprint density at radius 1 is 1.27 bits per heavy atom. The molecule has 7 heteroatoms. The zero-order valence-corrected chi connectivity index (χ0v) is 15.4. The second kappa shape index (κ2) is 6.70. The Bertz CT molecular complexity index is 898. The van der Waals surface area contributed by atoms with E-state index in [1.54, 1.807) is 13.0 Å². The third-order valence-electron chi connectivity index (χ3n) is 5.57. The molecule has 1 aliphatic heterocycles. The first-order valence-corrected chi connectivity index (χ1v) is 9.45. The van der Waals surface area contributed by atoms with Gasteiger partial charge in [0.25, 0.3) is 11.5 Å². The van der Waals surface area contributed by atoms with Crippen LogP contribution in [0.4, 0.5) is 0 Å². The molecule has 1 fully saturated rings. The van der Waals surface area contributed by atoms with Crippen molar-refractivity contribution >= 4 is 5.91 Å². The molecule has 1 atom stereocenters. The highest BCUT2D eigenvalue weighted by molar-refractivity contribution is 5.94. The third-order valence-corrected chi connectivity index (χ3v) is 5.57. The number of H-pyrrole nitrogens is 1. The molecular formula is C19H25N5O2. The highest BCUT2D eigenvalue weighted by Crippen LogP contribution is 2.29. The molecule has 2 aromatic heterocycles. The summed E-state index contributed by atoms with van der Waals surface area (Å²) >= 11 is 0. The molecule has 0 radical (unpaired) electrons. The quantitative estimate of drug-likeness (QED) is 0.889. The highest BCUT2D eigenvalue weighted by Gasteiger charge is 2.31. The molecule has 1 N–H and O–H groups in total. The van der Waals surface area contributed by atoms with E-state index in [1.807, 2.05) is 16.6 Å². The molecule has 4 rings (SSSR count). The van der Waals surface area contributed by atoms with Crippen LogP contribution in [0, 0.1) is 6.92 Å². The Balaban J connectivity index is 1.58. The van der Waals surface area contributed by atoms with Gasteiger partial charge in [-0.3, -0.25) is 14.3 Å². The van der Waals surface area contributed by atoms with Crippen molar-refractivity contribution in [3.63, 3.8) is 0 Å². The maximum Gasteiger partial charge on any atom is 0.274 e. The predicted octanol–water partition coefficient (Wildman–Crippen LogP) is 1.71. The topological polar surface area (TPSA) is 83.9 Å². The molecule has 7 nitrogen and oxygen atoms in total. The summed E-state index contributed by atoms with van der Waals surface area (Å²) in [6.07, 6.45) is 6.09. The van der Waals surface area contributed by atoms with Gasteiger partial charge in [-0.15, -0.1) is 0 Å². The zero-order chi connectivity index (χ0) is 18.3. The first-order valence-electron chi connectivity index (χ1n) is 9.45. The fraction of sp³-hybridized carbons (Fsp3) is 0.579. The van der Waals surface area contributed by atoms with Crippen LogP contribution in [-0.4, -0.2) is 43.6 Å². The Labute approximate surface area is 152 Å².